The van der Waals surface area contributed by atoms with Crippen molar-refractivity contribution < 1.29 is 9.59 Å². The van der Waals surface area contributed by atoms with E-state index >= 15 is 0 Å². The second-order valence-electron chi connectivity index (χ2n) is 4.54. The van der Waals surface area contributed by atoms with Crippen molar-refractivity contribution in [2.45, 2.75) is 12.8 Å². The number of carbonyl (C=O) groups excluding carboxylic acids is 2. The molecule has 2 aromatic rings. The number of nitriles is 1. The predicted octanol–water partition coefficient (Wildman–Crippen LogP) is 2.04. The molecule has 0 aliphatic carbocycles. The molecule has 0 spiro atoms. The lowest BCUT2D eigenvalue weighted by Crippen LogP contribution is -2.41. The monoisotopic (exact) mass is 360 g/mol. The van der Waals surface area contributed by atoms with Gasteiger partial charge in [-0.2, -0.15) is 5.26 Å². The molecule has 3 N–H and O–H groups in total. The first-order chi connectivity index (χ1) is 10.6. The van der Waals surface area contributed by atoms with Gasteiger partial charge in [0.05, 0.1) is 11.6 Å². The van der Waals surface area contributed by atoms with Gasteiger partial charge >= 0.3 is 0 Å². The molecule has 0 saturated carbocycles. The lowest BCUT2D eigenvalue weighted by molar-refractivity contribution is -0.121. The van der Waals surface area contributed by atoms with Crippen LogP contribution < -0.4 is 10.9 Å². The summed E-state index contributed by atoms with van der Waals surface area (Å²) >= 11 is 3.22. The van der Waals surface area contributed by atoms with Gasteiger partial charge in [-0.3, -0.25) is 20.4 Å². The highest BCUT2D eigenvalue weighted by Crippen LogP contribution is 2.10. The van der Waals surface area contributed by atoms with E-state index in [0.29, 0.717) is 17.7 Å². The van der Waals surface area contributed by atoms with Crippen LogP contribution >= 0.6 is 15.9 Å². The van der Waals surface area contributed by atoms with Crippen LogP contribution in [0.15, 0.2) is 41.0 Å². The molecule has 0 unspecified atom stereocenters. The van der Waals surface area contributed by atoms with Crippen LogP contribution in [0.5, 0.6) is 0 Å². The van der Waals surface area contributed by atoms with Gasteiger partial charge in [-0.25, -0.2) is 0 Å². The maximum Gasteiger partial charge on any atom is 0.286 e. The number of hydrazine groups is 1. The average molecular weight is 361 g/mol. The summed E-state index contributed by atoms with van der Waals surface area (Å²) in [6, 6.07) is 10.7. The summed E-state index contributed by atoms with van der Waals surface area (Å²) in [6.45, 7) is 0. The minimum Gasteiger partial charge on any atom is -0.356 e. The predicted molar refractivity (Wildman–Crippen MR) is 83.6 cm³/mol. The minimum atomic E-state index is -0.419. The number of halogens is 1. The van der Waals surface area contributed by atoms with Crippen molar-refractivity contribution in [1.82, 2.24) is 15.8 Å². The molecule has 0 atom stereocenters. The number of rotatable bonds is 4. The summed E-state index contributed by atoms with van der Waals surface area (Å²) in [6.07, 6.45) is 2.39. The fourth-order valence-corrected chi connectivity index (χ4v) is 2.10. The maximum absolute atomic E-state index is 11.7. The second-order valence-corrected chi connectivity index (χ2v) is 5.46. The summed E-state index contributed by atoms with van der Waals surface area (Å²) in [7, 11) is 0. The number of aromatic nitrogens is 1. The molecule has 1 heterocycles. The zero-order chi connectivity index (χ0) is 15.9. The van der Waals surface area contributed by atoms with Gasteiger partial charge in [0.25, 0.3) is 5.91 Å². The normalized spacial score (nSPS) is 9.82. The number of hydrogen-bond donors (Lipinski definition) is 3. The summed E-state index contributed by atoms with van der Waals surface area (Å²) < 4.78 is 0.754. The maximum atomic E-state index is 11.7. The van der Waals surface area contributed by atoms with Crippen LogP contribution in [-0.4, -0.2) is 16.8 Å². The molecule has 22 heavy (non-hydrogen) atoms. The first-order valence-electron chi connectivity index (χ1n) is 6.50. The van der Waals surface area contributed by atoms with E-state index in [1.165, 1.54) is 0 Å². The Morgan fingerprint density at radius 3 is 2.55 bits per heavy atom. The summed E-state index contributed by atoms with van der Waals surface area (Å²) in [4.78, 5) is 26.1. The molecule has 7 heteroatoms. The first-order valence-corrected chi connectivity index (χ1v) is 7.30. The van der Waals surface area contributed by atoms with Crippen LogP contribution in [0.1, 0.15) is 28.0 Å². The Kier molecular flexibility index (Phi) is 5.33. The number of amides is 2. The van der Waals surface area contributed by atoms with Crippen LogP contribution in [0, 0.1) is 11.3 Å². The first kappa shape index (κ1) is 15.8. The van der Waals surface area contributed by atoms with Crippen LogP contribution in [0.2, 0.25) is 0 Å². The zero-order valence-corrected chi connectivity index (χ0v) is 13.1. The van der Waals surface area contributed by atoms with E-state index in [0.717, 1.165) is 10.0 Å². The third-order valence-corrected chi connectivity index (χ3v) is 3.39. The van der Waals surface area contributed by atoms with Crippen LogP contribution in [0.4, 0.5) is 0 Å². The third-order valence-electron chi connectivity index (χ3n) is 2.93. The number of nitrogens with one attached hydrogen (secondary N) is 3. The smallest absolute Gasteiger partial charge is 0.286 e. The molecule has 112 valence electrons. The molecule has 0 aliphatic rings. The van der Waals surface area contributed by atoms with E-state index in [1.807, 2.05) is 6.07 Å². The van der Waals surface area contributed by atoms with Crippen molar-refractivity contribution in [1.29, 1.82) is 5.26 Å². The van der Waals surface area contributed by atoms with Crippen molar-refractivity contribution in [3.8, 4) is 6.07 Å². The fraction of sp³-hybridized carbons (Fsp3) is 0.133. The van der Waals surface area contributed by atoms with Crippen molar-refractivity contribution >= 4 is 27.7 Å². The van der Waals surface area contributed by atoms with E-state index in [4.69, 9.17) is 5.26 Å². The van der Waals surface area contributed by atoms with Crippen LogP contribution in [-0.2, 0) is 11.2 Å². The quantitative estimate of drug-likeness (QED) is 0.727. The van der Waals surface area contributed by atoms with E-state index < -0.39 is 5.91 Å². The Hall–Kier alpha value is -2.59. The molecular weight excluding hydrogens is 348 g/mol. The number of aryl methyl sites for hydroxylation is 1. The SMILES string of the molecule is N#Cc1ccc(CCC(=O)NNC(=O)c2cc(Br)c[nH]2)cc1. The van der Waals surface area contributed by atoms with Gasteiger partial charge in [-0.05, 0) is 46.1 Å². The fourth-order valence-electron chi connectivity index (χ4n) is 1.76. The minimum absolute atomic E-state index is 0.237. The molecule has 0 bridgehead atoms. The van der Waals surface area contributed by atoms with Gasteiger partial charge in [0.1, 0.15) is 5.69 Å². The zero-order valence-electron chi connectivity index (χ0n) is 11.5. The van der Waals surface area contributed by atoms with Crippen molar-refractivity contribution in [3.63, 3.8) is 0 Å². The molecular formula is C15H13BrN4O2. The van der Waals surface area contributed by atoms with Gasteiger partial charge < -0.3 is 4.98 Å². The number of hydrogen-bond acceptors (Lipinski definition) is 3. The highest BCUT2D eigenvalue weighted by Gasteiger charge is 2.09. The highest BCUT2D eigenvalue weighted by molar-refractivity contribution is 9.10. The van der Waals surface area contributed by atoms with Crippen LogP contribution in [0.25, 0.3) is 0 Å². The van der Waals surface area contributed by atoms with Gasteiger partial charge in [0.2, 0.25) is 5.91 Å². The lowest BCUT2D eigenvalue weighted by Gasteiger charge is -2.06. The second kappa shape index (κ2) is 7.43. The van der Waals surface area contributed by atoms with Crippen molar-refractivity contribution in [2.75, 3.05) is 0 Å². The number of benzene rings is 1. The summed E-state index contributed by atoms with van der Waals surface area (Å²) in [5, 5.41) is 8.70. The molecule has 0 radical (unpaired) electrons. The molecule has 2 rings (SSSR count). The molecule has 2 amide bonds. The summed E-state index contributed by atoms with van der Waals surface area (Å²) in [5.41, 5.74) is 6.57. The molecule has 6 nitrogen and oxygen atoms in total. The summed E-state index contributed by atoms with van der Waals surface area (Å²) in [5.74, 6) is -0.708. The lowest BCUT2D eigenvalue weighted by atomic mass is 10.1. The van der Waals surface area contributed by atoms with E-state index in [2.05, 4.69) is 31.8 Å². The topological polar surface area (TPSA) is 97.8 Å². The third kappa shape index (κ3) is 4.46. The Bertz CT molecular complexity index is 716. The van der Waals surface area contributed by atoms with Gasteiger partial charge in [-0.15, -0.1) is 0 Å². The number of H-pyrrole nitrogens is 1. The standard InChI is InChI=1S/C15H13BrN4O2/c16-12-7-13(18-9-12)15(22)20-19-14(21)6-5-10-1-3-11(8-17)4-2-10/h1-4,7,9,18H,5-6H2,(H,19,21)(H,20,22). The van der Waals surface area contributed by atoms with E-state index in [1.54, 1.807) is 36.5 Å². The Morgan fingerprint density at radius 2 is 1.95 bits per heavy atom. The van der Waals surface area contributed by atoms with Crippen LogP contribution in [0.3, 0.4) is 0 Å². The number of aromatic amines is 1. The average Bonchev–Trinajstić information content (AvgIpc) is 2.97. The Labute approximate surface area is 135 Å². The number of nitrogens with zero attached hydrogens (tertiary/aromatic N) is 1. The van der Waals surface area contributed by atoms with Gasteiger partial charge in [0, 0.05) is 17.1 Å². The van der Waals surface area contributed by atoms with Crippen molar-refractivity contribution in [2.24, 2.45) is 0 Å². The van der Waals surface area contributed by atoms with Gasteiger partial charge in [0.15, 0.2) is 0 Å². The largest absolute Gasteiger partial charge is 0.356 e. The van der Waals surface area contributed by atoms with E-state index in [9.17, 15) is 9.59 Å². The molecule has 0 aliphatic heterocycles. The molecule has 0 fully saturated rings. The van der Waals surface area contributed by atoms with Crippen molar-refractivity contribution in [3.05, 3.63) is 57.8 Å². The highest BCUT2D eigenvalue weighted by atomic mass is 79.9. The Morgan fingerprint density at radius 1 is 1.23 bits per heavy atom. The van der Waals surface area contributed by atoms with E-state index in [-0.39, 0.29) is 12.3 Å². The number of carbonyl (C=O) groups is 2. The molecule has 0 saturated heterocycles. The molecule has 1 aromatic heterocycles. The Balaban J connectivity index is 1.76. The van der Waals surface area contributed by atoms with Gasteiger partial charge in [-0.1, -0.05) is 12.1 Å². The molecule has 1 aromatic carbocycles.